The zero-order chi connectivity index (χ0) is 26.6. The lowest BCUT2D eigenvalue weighted by molar-refractivity contribution is -0.278. The molecule has 2 heterocycles. The highest BCUT2D eigenvalue weighted by atomic mass is 31.2. The van der Waals surface area contributed by atoms with E-state index in [1.54, 1.807) is 55.6 Å². The van der Waals surface area contributed by atoms with Crippen LogP contribution >= 0.6 is 7.60 Å². The minimum absolute atomic E-state index is 0.0946. The molecule has 0 spiro atoms. The van der Waals surface area contributed by atoms with Gasteiger partial charge >= 0.3 is 7.60 Å². The van der Waals surface area contributed by atoms with Crippen LogP contribution in [0.4, 0.5) is 0 Å². The van der Waals surface area contributed by atoms with Crippen molar-refractivity contribution in [1.82, 2.24) is 0 Å². The van der Waals surface area contributed by atoms with Crippen molar-refractivity contribution in [3.8, 4) is 11.5 Å². The summed E-state index contributed by atoms with van der Waals surface area (Å²) >= 11 is 0. The Morgan fingerprint density at radius 1 is 0.789 bits per heavy atom. The second-order valence-corrected chi connectivity index (χ2v) is 11.7. The van der Waals surface area contributed by atoms with Crippen molar-refractivity contribution in [3.05, 3.63) is 96.6 Å². The van der Waals surface area contributed by atoms with Gasteiger partial charge in [0, 0.05) is 7.11 Å². The molecule has 2 fully saturated rings. The Labute approximate surface area is 223 Å². The fourth-order valence-corrected chi connectivity index (χ4v) is 6.52. The first-order valence-corrected chi connectivity index (χ1v) is 14.3. The first kappa shape index (κ1) is 26.9. The standard InChI is InChI=1S/C29H33O8P/c1-29(2)34-25-24(33-28(31-3)27(26(25)35-29)32-19-21-13-7-4-8-14-21)20-38(30,36-22-15-9-5-10-16-22)37-23-17-11-6-12-18-23/h4-18,24-28H,19-20H2,1-3H3/t24-,25+,26+,27-,28-/m1/s1. The van der Waals surface area contributed by atoms with Gasteiger partial charge in [-0.3, -0.25) is 0 Å². The second-order valence-electron chi connectivity index (χ2n) is 9.71. The van der Waals surface area contributed by atoms with Crippen LogP contribution in [0.1, 0.15) is 19.4 Å². The van der Waals surface area contributed by atoms with Gasteiger partial charge in [-0.25, -0.2) is 4.57 Å². The fraction of sp³-hybridized carbons (Fsp3) is 0.379. The summed E-state index contributed by atoms with van der Waals surface area (Å²) in [5.41, 5.74) is 1.01. The van der Waals surface area contributed by atoms with Crippen LogP contribution in [0.15, 0.2) is 91.0 Å². The van der Waals surface area contributed by atoms with Crippen LogP contribution in [0, 0.1) is 0 Å². The summed E-state index contributed by atoms with van der Waals surface area (Å²) in [5, 5.41) is 0. The van der Waals surface area contributed by atoms with Crippen molar-refractivity contribution < 1.29 is 37.3 Å². The Kier molecular flexibility index (Phi) is 8.19. The molecule has 5 atom stereocenters. The number of rotatable bonds is 10. The van der Waals surface area contributed by atoms with Crippen LogP contribution in [0.3, 0.4) is 0 Å². The number of fused-ring (bicyclic) bond motifs is 1. The normalized spacial score (nSPS) is 26.4. The third-order valence-electron chi connectivity index (χ3n) is 6.33. The zero-order valence-electron chi connectivity index (χ0n) is 21.7. The molecular formula is C29H33O8P. The quantitative estimate of drug-likeness (QED) is 0.298. The molecule has 0 radical (unpaired) electrons. The summed E-state index contributed by atoms with van der Waals surface area (Å²) in [6.45, 7) is 4.01. The van der Waals surface area contributed by atoms with Crippen molar-refractivity contribution in [1.29, 1.82) is 0 Å². The molecule has 0 aromatic heterocycles. The lowest BCUT2D eigenvalue weighted by Gasteiger charge is -2.41. The van der Waals surface area contributed by atoms with Crippen molar-refractivity contribution >= 4 is 7.60 Å². The van der Waals surface area contributed by atoms with Gasteiger partial charge in [0.15, 0.2) is 12.1 Å². The van der Waals surface area contributed by atoms with Crippen LogP contribution < -0.4 is 9.05 Å². The molecule has 0 N–H and O–H groups in total. The maximum Gasteiger partial charge on any atom is 0.433 e. The van der Waals surface area contributed by atoms with E-state index >= 15 is 0 Å². The van der Waals surface area contributed by atoms with E-state index in [1.165, 1.54) is 0 Å². The Bertz CT molecular complexity index is 1160. The molecule has 8 nitrogen and oxygen atoms in total. The van der Waals surface area contributed by atoms with E-state index in [1.807, 2.05) is 56.3 Å². The molecule has 0 amide bonds. The van der Waals surface area contributed by atoms with Gasteiger partial charge in [0.2, 0.25) is 0 Å². The highest BCUT2D eigenvalue weighted by Crippen LogP contribution is 2.52. The first-order chi connectivity index (χ1) is 18.3. The van der Waals surface area contributed by atoms with Gasteiger partial charge in [-0.15, -0.1) is 0 Å². The minimum Gasteiger partial charge on any atom is -0.416 e. The number of methoxy groups -OCH3 is 1. The predicted molar refractivity (Wildman–Crippen MR) is 141 cm³/mol. The molecule has 5 rings (SSSR count). The third-order valence-corrected chi connectivity index (χ3v) is 8.11. The Hall–Kier alpha value is -2.71. The molecule has 38 heavy (non-hydrogen) atoms. The zero-order valence-corrected chi connectivity index (χ0v) is 22.6. The summed E-state index contributed by atoms with van der Waals surface area (Å²) in [6.07, 6.45) is -3.30. The molecular weight excluding hydrogens is 507 g/mol. The molecule has 2 aliphatic heterocycles. The molecule has 0 saturated carbocycles. The van der Waals surface area contributed by atoms with Gasteiger partial charge in [-0.2, -0.15) is 0 Å². The van der Waals surface area contributed by atoms with E-state index in [-0.39, 0.29) is 6.16 Å². The van der Waals surface area contributed by atoms with Gasteiger partial charge in [0.1, 0.15) is 42.1 Å². The number of hydrogen-bond donors (Lipinski definition) is 0. The van der Waals surface area contributed by atoms with Crippen LogP contribution in [0.25, 0.3) is 0 Å². The van der Waals surface area contributed by atoms with E-state index in [9.17, 15) is 4.57 Å². The largest absolute Gasteiger partial charge is 0.433 e. The maximum absolute atomic E-state index is 14.3. The predicted octanol–water partition coefficient (Wildman–Crippen LogP) is 5.81. The summed E-state index contributed by atoms with van der Waals surface area (Å²) in [4.78, 5) is 0. The fourth-order valence-electron chi connectivity index (χ4n) is 4.71. The van der Waals surface area contributed by atoms with Crippen molar-refractivity contribution in [3.63, 3.8) is 0 Å². The lowest BCUT2D eigenvalue weighted by atomic mass is 9.99. The molecule has 0 unspecified atom stereocenters. The SMILES string of the molecule is CO[C@@H]1O[C@H](CP(=O)(Oc2ccccc2)Oc2ccccc2)[C@@H]2OC(C)(C)O[C@@H]2[C@H]1OCc1ccccc1. The van der Waals surface area contributed by atoms with E-state index in [0.29, 0.717) is 18.1 Å². The highest BCUT2D eigenvalue weighted by molar-refractivity contribution is 7.54. The van der Waals surface area contributed by atoms with E-state index in [2.05, 4.69) is 0 Å². The number of hydrogen-bond acceptors (Lipinski definition) is 8. The third kappa shape index (κ3) is 6.46. The summed E-state index contributed by atoms with van der Waals surface area (Å²) in [5.74, 6) is -0.0517. The lowest BCUT2D eigenvalue weighted by Crippen LogP contribution is -2.58. The highest BCUT2D eigenvalue weighted by Gasteiger charge is 2.57. The van der Waals surface area contributed by atoms with E-state index in [0.717, 1.165) is 5.56 Å². The summed E-state index contributed by atoms with van der Waals surface area (Å²) < 4.78 is 57.1. The molecule has 0 bridgehead atoms. The van der Waals surface area contributed by atoms with Crippen molar-refractivity contribution in [2.75, 3.05) is 13.3 Å². The smallest absolute Gasteiger partial charge is 0.416 e. The van der Waals surface area contributed by atoms with Gasteiger partial charge < -0.3 is 32.7 Å². The average Bonchev–Trinajstić information content (AvgIpc) is 3.24. The Morgan fingerprint density at radius 3 is 1.87 bits per heavy atom. The molecule has 2 aliphatic rings. The molecule has 9 heteroatoms. The maximum atomic E-state index is 14.3. The van der Waals surface area contributed by atoms with Crippen LogP contribution in [0.2, 0.25) is 0 Å². The Morgan fingerprint density at radius 2 is 1.32 bits per heavy atom. The summed E-state index contributed by atoms with van der Waals surface area (Å²) in [6, 6.07) is 27.7. The van der Waals surface area contributed by atoms with Gasteiger partial charge in [0.05, 0.1) is 6.61 Å². The molecule has 3 aromatic carbocycles. The van der Waals surface area contributed by atoms with Gasteiger partial charge in [0.25, 0.3) is 0 Å². The number of para-hydroxylation sites is 2. The van der Waals surface area contributed by atoms with Crippen LogP contribution in [-0.4, -0.2) is 49.8 Å². The van der Waals surface area contributed by atoms with Gasteiger partial charge in [-0.05, 0) is 43.7 Å². The molecule has 3 aromatic rings. The first-order valence-electron chi connectivity index (χ1n) is 12.6. The van der Waals surface area contributed by atoms with Crippen LogP contribution in [0.5, 0.6) is 11.5 Å². The topological polar surface area (TPSA) is 81.7 Å². The molecule has 0 aliphatic carbocycles. The Balaban J connectivity index is 1.40. The molecule has 2 saturated heterocycles. The second kappa shape index (κ2) is 11.6. The number of benzene rings is 3. The van der Waals surface area contributed by atoms with E-state index < -0.39 is 44.1 Å². The summed E-state index contributed by atoms with van der Waals surface area (Å²) in [7, 11) is -2.26. The van der Waals surface area contributed by atoms with Crippen molar-refractivity contribution in [2.24, 2.45) is 0 Å². The van der Waals surface area contributed by atoms with Gasteiger partial charge in [-0.1, -0.05) is 66.7 Å². The average molecular weight is 541 g/mol. The molecule has 202 valence electrons. The van der Waals surface area contributed by atoms with E-state index in [4.69, 9.17) is 32.7 Å². The van der Waals surface area contributed by atoms with Crippen LogP contribution in [-0.2, 0) is 34.9 Å². The monoisotopic (exact) mass is 540 g/mol. The van der Waals surface area contributed by atoms with Crippen molar-refractivity contribution in [2.45, 2.75) is 56.9 Å². The minimum atomic E-state index is -3.80. The number of ether oxygens (including phenoxy) is 5.